The van der Waals surface area contributed by atoms with E-state index in [2.05, 4.69) is 24.1 Å². The molecule has 0 aromatic rings. The van der Waals surface area contributed by atoms with Crippen LogP contribution in [0.15, 0.2) is 0 Å². The van der Waals surface area contributed by atoms with E-state index in [0.29, 0.717) is 6.04 Å². The van der Waals surface area contributed by atoms with Crippen LogP contribution in [0.25, 0.3) is 0 Å². The fourth-order valence-corrected chi connectivity index (χ4v) is 3.40. The van der Waals surface area contributed by atoms with E-state index in [-0.39, 0.29) is 17.9 Å². The lowest BCUT2D eigenvalue weighted by atomic mass is 9.99. The molecule has 1 amide bonds. The summed E-state index contributed by atoms with van der Waals surface area (Å²) in [6.07, 6.45) is 5.45. The number of hydrogen-bond acceptors (Lipinski definition) is 3. The van der Waals surface area contributed by atoms with E-state index in [1.54, 1.807) is 0 Å². The zero-order valence-corrected chi connectivity index (χ0v) is 12.4. The lowest BCUT2D eigenvalue weighted by Gasteiger charge is -2.35. The van der Waals surface area contributed by atoms with E-state index in [9.17, 15) is 4.79 Å². The number of nitrogens with zero attached hydrogens (tertiary/aromatic N) is 1. The maximum absolute atomic E-state index is 12.1. The molecule has 1 saturated heterocycles. The number of rotatable bonds is 4. The van der Waals surface area contributed by atoms with Gasteiger partial charge in [0.2, 0.25) is 5.91 Å². The van der Waals surface area contributed by atoms with Crippen molar-refractivity contribution in [1.29, 1.82) is 0 Å². The number of carbonyl (C=O) groups excluding carboxylic acids is 1. The third kappa shape index (κ3) is 4.18. The van der Waals surface area contributed by atoms with Crippen molar-refractivity contribution in [3.63, 3.8) is 0 Å². The second-order valence-corrected chi connectivity index (χ2v) is 6.61. The molecule has 0 bridgehead atoms. The minimum Gasteiger partial charge on any atom is -0.354 e. The van der Waals surface area contributed by atoms with Crippen LogP contribution < -0.4 is 11.1 Å². The summed E-state index contributed by atoms with van der Waals surface area (Å²) in [6, 6.07) is 0.679. The zero-order valence-electron chi connectivity index (χ0n) is 12.4. The Balaban J connectivity index is 1.70. The van der Waals surface area contributed by atoms with Crippen LogP contribution in [-0.4, -0.2) is 42.5 Å². The second-order valence-electron chi connectivity index (χ2n) is 6.61. The van der Waals surface area contributed by atoms with Crippen LogP contribution in [0.2, 0.25) is 0 Å². The Bertz CT molecular complexity index is 308. The maximum Gasteiger partial charge on any atom is 0.223 e. The number of nitrogens with two attached hydrogens (primary N) is 1. The second kappa shape index (κ2) is 6.71. The van der Waals surface area contributed by atoms with Crippen molar-refractivity contribution in [2.24, 2.45) is 17.6 Å². The van der Waals surface area contributed by atoms with Gasteiger partial charge in [0.05, 0.1) is 0 Å². The van der Waals surface area contributed by atoms with Crippen molar-refractivity contribution >= 4 is 5.91 Å². The Morgan fingerprint density at radius 1 is 1.42 bits per heavy atom. The molecule has 4 atom stereocenters. The molecule has 0 spiro atoms. The van der Waals surface area contributed by atoms with E-state index < -0.39 is 0 Å². The van der Waals surface area contributed by atoms with Crippen LogP contribution in [-0.2, 0) is 4.79 Å². The molecule has 19 heavy (non-hydrogen) atoms. The molecule has 4 unspecified atom stereocenters. The van der Waals surface area contributed by atoms with Gasteiger partial charge in [0.1, 0.15) is 0 Å². The molecule has 0 aromatic carbocycles. The van der Waals surface area contributed by atoms with Crippen LogP contribution in [0.3, 0.4) is 0 Å². The highest BCUT2D eigenvalue weighted by Gasteiger charge is 2.28. The van der Waals surface area contributed by atoms with Crippen molar-refractivity contribution in [3.05, 3.63) is 0 Å². The summed E-state index contributed by atoms with van der Waals surface area (Å²) in [7, 11) is 0. The van der Waals surface area contributed by atoms with Gasteiger partial charge in [-0.1, -0.05) is 6.92 Å². The van der Waals surface area contributed by atoms with Crippen molar-refractivity contribution in [2.45, 2.75) is 58.0 Å². The van der Waals surface area contributed by atoms with Gasteiger partial charge >= 0.3 is 0 Å². The van der Waals surface area contributed by atoms with E-state index in [1.165, 1.54) is 25.9 Å². The fourth-order valence-electron chi connectivity index (χ4n) is 3.40. The molecule has 1 aliphatic heterocycles. The van der Waals surface area contributed by atoms with Gasteiger partial charge in [-0.25, -0.2) is 0 Å². The first kappa shape index (κ1) is 14.8. The van der Waals surface area contributed by atoms with Crippen LogP contribution in [0, 0.1) is 11.8 Å². The summed E-state index contributed by atoms with van der Waals surface area (Å²) < 4.78 is 0. The molecular formula is C15H29N3O. The van der Waals surface area contributed by atoms with Gasteiger partial charge in [0.25, 0.3) is 0 Å². The summed E-state index contributed by atoms with van der Waals surface area (Å²) in [4.78, 5) is 14.6. The predicted octanol–water partition coefficient (Wildman–Crippen LogP) is 1.35. The smallest absolute Gasteiger partial charge is 0.223 e. The van der Waals surface area contributed by atoms with E-state index >= 15 is 0 Å². The van der Waals surface area contributed by atoms with Gasteiger partial charge < -0.3 is 11.1 Å². The standard InChI is InChI=1S/C15H29N3O/c1-11-4-3-7-18(10-11)12(2)9-17-15(19)13-5-6-14(16)8-13/h11-14H,3-10,16H2,1-2H3,(H,17,19). The number of hydrogen-bond donors (Lipinski definition) is 2. The van der Waals surface area contributed by atoms with Gasteiger partial charge in [0, 0.05) is 31.1 Å². The molecular weight excluding hydrogens is 238 g/mol. The average Bonchev–Trinajstić information content (AvgIpc) is 2.82. The first-order valence-corrected chi connectivity index (χ1v) is 7.83. The van der Waals surface area contributed by atoms with Crippen molar-refractivity contribution in [2.75, 3.05) is 19.6 Å². The SMILES string of the molecule is CC1CCCN(C(C)CNC(=O)C2CCC(N)C2)C1. The lowest BCUT2D eigenvalue weighted by molar-refractivity contribution is -0.125. The van der Waals surface area contributed by atoms with Crippen molar-refractivity contribution < 1.29 is 4.79 Å². The molecule has 1 saturated carbocycles. The zero-order chi connectivity index (χ0) is 13.8. The first-order chi connectivity index (χ1) is 9.06. The molecule has 4 heteroatoms. The molecule has 2 aliphatic rings. The van der Waals surface area contributed by atoms with E-state index in [0.717, 1.165) is 31.7 Å². The Kier molecular flexibility index (Phi) is 5.22. The minimum atomic E-state index is 0.155. The van der Waals surface area contributed by atoms with E-state index in [4.69, 9.17) is 5.73 Å². The highest BCUT2D eigenvalue weighted by molar-refractivity contribution is 5.79. The molecule has 1 heterocycles. The van der Waals surface area contributed by atoms with Crippen LogP contribution >= 0.6 is 0 Å². The minimum absolute atomic E-state index is 0.155. The molecule has 2 fully saturated rings. The fraction of sp³-hybridized carbons (Fsp3) is 0.933. The normalized spacial score (nSPS) is 34.2. The number of amides is 1. The molecule has 2 rings (SSSR count). The third-order valence-corrected chi connectivity index (χ3v) is 4.73. The summed E-state index contributed by atoms with van der Waals surface area (Å²) >= 11 is 0. The maximum atomic E-state index is 12.1. The Hall–Kier alpha value is -0.610. The average molecular weight is 267 g/mol. The van der Waals surface area contributed by atoms with Gasteiger partial charge in [-0.15, -0.1) is 0 Å². The monoisotopic (exact) mass is 267 g/mol. The lowest BCUT2D eigenvalue weighted by Crippen LogP contribution is -2.47. The van der Waals surface area contributed by atoms with Crippen LogP contribution in [0.1, 0.15) is 46.0 Å². The molecule has 0 radical (unpaired) electrons. The van der Waals surface area contributed by atoms with Gasteiger partial charge in [-0.05, 0) is 51.5 Å². The predicted molar refractivity (Wildman–Crippen MR) is 77.8 cm³/mol. The van der Waals surface area contributed by atoms with E-state index in [1.807, 2.05) is 0 Å². The highest BCUT2D eigenvalue weighted by atomic mass is 16.1. The number of likely N-dealkylation sites (tertiary alicyclic amines) is 1. The summed E-state index contributed by atoms with van der Waals surface area (Å²) in [5.41, 5.74) is 5.86. The summed E-state index contributed by atoms with van der Waals surface area (Å²) in [6.45, 7) is 7.66. The Morgan fingerprint density at radius 3 is 2.84 bits per heavy atom. The summed E-state index contributed by atoms with van der Waals surface area (Å²) in [5, 5.41) is 3.12. The third-order valence-electron chi connectivity index (χ3n) is 4.73. The van der Waals surface area contributed by atoms with Crippen LogP contribution in [0.5, 0.6) is 0 Å². The highest BCUT2D eigenvalue weighted by Crippen LogP contribution is 2.24. The van der Waals surface area contributed by atoms with Crippen molar-refractivity contribution in [3.8, 4) is 0 Å². The first-order valence-electron chi connectivity index (χ1n) is 7.83. The number of nitrogens with one attached hydrogen (secondary N) is 1. The van der Waals surface area contributed by atoms with Gasteiger partial charge in [-0.2, -0.15) is 0 Å². The van der Waals surface area contributed by atoms with Gasteiger partial charge in [0.15, 0.2) is 0 Å². The Morgan fingerprint density at radius 2 is 2.21 bits per heavy atom. The summed E-state index contributed by atoms with van der Waals surface area (Å²) in [5.74, 6) is 1.16. The molecule has 1 aliphatic carbocycles. The number of piperidine rings is 1. The number of carbonyl (C=O) groups is 1. The molecule has 4 nitrogen and oxygen atoms in total. The molecule has 3 N–H and O–H groups in total. The van der Waals surface area contributed by atoms with Crippen LogP contribution in [0.4, 0.5) is 0 Å². The Labute approximate surface area is 117 Å². The topological polar surface area (TPSA) is 58.4 Å². The largest absolute Gasteiger partial charge is 0.354 e. The molecule has 0 aromatic heterocycles. The van der Waals surface area contributed by atoms with Gasteiger partial charge in [-0.3, -0.25) is 9.69 Å². The quantitative estimate of drug-likeness (QED) is 0.808. The molecule has 110 valence electrons. The van der Waals surface area contributed by atoms with Crippen molar-refractivity contribution in [1.82, 2.24) is 10.2 Å².